The number of hydrogen-bond acceptors (Lipinski definition) is 4. The number of aryl methyl sites for hydroxylation is 1. The van der Waals surface area contributed by atoms with Gasteiger partial charge < -0.3 is 5.32 Å². The van der Waals surface area contributed by atoms with Gasteiger partial charge in [0.15, 0.2) is 5.82 Å². The maximum Gasteiger partial charge on any atom is 0.251 e. The van der Waals surface area contributed by atoms with E-state index in [1.807, 2.05) is 65.2 Å². The van der Waals surface area contributed by atoms with Gasteiger partial charge in [0.05, 0.1) is 5.69 Å². The molecule has 5 rings (SSSR count). The molecule has 30 heavy (non-hydrogen) atoms. The number of thiazole rings is 1. The first-order chi connectivity index (χ1) is 14.7. The highest BCUT2D eigenvalue weighted by atomic mass is 32.1. The second-order valence-electron chi connectivity index (χ2n) is 7.24. The molecule has 0 aliphatic heterocycles. The van der Waals surface area contributed by atoms with Crippen molar-refractivity contribution in [3.05, 3.63) is 88.9 Å². The van der Waals surface area contributed by atoms with Crippen LogP contribution in [-0.2, 0) is 6.42 Å². The van der Waals surface area contributed by atoms with Crippen molar-refractivity contribution in [3.63, 3.8) is 0 Å². The number of nitrogens with one attached hydrogen (secondary N) is 1. The van der Waals surface area contributed by atoms with Crippen molar-refractivity contribution in [2.75, 3.05) is 6.54 Å². The lowest BCUT2D eigenvalue weighted by Crippen LogP contribution is -2.26. The number of nitrogens with zero attached hydrogens (tertiary/aromatic N) is 3. The van der Waals surface area contributed by atoms with Gasteiger partial charge in [0.2, 0.25) is 4.96 Å². The summed E-state index contributed by atoms with van der Waals surface area (Å²) in [5, 5.41) is 12.0. The molecule has 3 aromatic carbocycles. The van der Waals surface area contributed by atoms with Crippen LogP contribution in [0.25, 0.3) is 27.1 Å². The third-order valence-corrected chi connectivity index (χ3v) is 6.08. The molecule has 0 saturated carbocycles. The Morgan fingerprint density at radius 1 is 1.03 bits per heavy atom. The molecule has 0 aliphatic rings. The second kappa shape index (κ2) is 7.72. The Balaban J connectivity index is 1.29. The normalized spacial score (nSPS) is 11.2. The molecule has 2 aromatic heterocycles. The molecule has 0 bridgehead atoms. The van der Waals surface area contributed by atoms with Crippen LogP contribution in [0.3, 0.4) is 0 Å². The summed E-state index contributed by atoms with van der Waals surface area (Å²) in [6.07, 6.45) is 0.690. The van der Waals surface area contributed by atoms with Gasteiger partial charge in [0.1, 0.15) is 0 Å². The number of benzene rings is 3. The molecular weight excluding hydrogens is 392 g/mol. The van der Waals surface area contributed by atoms with Crippen LogP contribution < -0.4 is 5.32 Å². The van der Waals surface area contributed by atoms with E-state index in [1.165, 1.54) is 0 Å². The smallest absolute Gasteiger partial charge is 0.251 e. The summed E-state index contributed by atoms with van der Waals surface area (Å²) >= 11 is 1.57. The minimum Gasteiger partial charge on any atom is -0.352 e. The fourth-order valence-electron chi connectivity index (χ4n) is 3.57. The zero-order valence-corrected chi connectivity index (χ0v) is 17.3. The lowest BCUT2D eigenvalue weighted by atomic mass is 10.1. The average molecular weight is 413 g/mol. The van der Waals surface area contributed by atoms with E-state index in [9.17, 15) is 4.79 Å². The predicted octanol–water partition coefficient (Wildman–Crippen LogP) is 4.89. The van der Waals surface area contributed by atoms with Gasteiger partial charge in [-0.2, -0.15) is 4.98 Å². The summed E-state index contributed by atoms with van der Waals surface area (Å²) in [5.74, 6) is 0.674. The summed E-state index contributed by atoms with van der Waals surface area (Å²) in [6, 6.07) is 21.9. The van der Waals surface area contributed by atoms with Gasteiger partial charge in [-0.15, -0.1) is 16.4 Å². The Kier molecular flexibility index (Phi) is 4.77. The molecule has 2 heterocycles. The molecule has 0 aliphatic carbocycles. The van der Waals surface area contributed by atoms with E-state index in [1.54, 1.807) is 11.3 Å². The van der Waals surface area contributed by atoms with E-state index in [2.05, 4.69) is 28.7 Å². The molecule has 1 N–H and O–H groups in total. The fourth-order valence-corrected chi connectivity index (χ4v) is 4.43. The molecule has 6 heteroatoms. The van der Waals surface area contributed by atoms with Gasteiger partial charge in [-0.25, -0.2) is 4.52 Å². The number of aromatic nitrogens is 3. The lowest BCUT2D eigenvalue weighted by molar-refractivity contribution is 0.0954. The molecule has 0 spiro atoms. The minimum absolute atomic E-state index is 0.0635. The topological polar surface area (TPSA) is 59.3 Å². The first-order valence-corrected chi connectivity index (χ1v) is 10.7. The molecule has 0 fully saturated rings. The largest absolute Gasteiger partial charge is 0.352 e. The Hall–Kier alpha value is -3.51. The highest BCUT2D eigenvalue weighted by molar-refractivity contribution is 7.15. The molecule has 148 valence electrons. The van der Waals surface area contributed by atoms with E-state index in [0.717, 1.165) is 38.4 Å². The third-order valence-electron chi connectivity index (χ3n) is 5.21. The van der Waals surface area contributed by atoms with Crippen molar-refractivity contribution in [1.29, 1.82) is 0 Å². The quantitative estimate of drug-likeness (QED) is 0.447. The van der Waals surface area contributed by atoms with E-state index in [-0.39, 0.29) is 5.91 Å². The Morgan fingerprint density at radius 3 is 2.70 bits per heavy atom. The van der Waals surface area contributed by atoms with Crippen LogP contribution in [0, 0.1) is 6.92 Å². The first-order valence-electron chi connectivity index (χ1n) is 9.85. The third kappa shape index (κ3) is 3.46. The van der Waals surface area contributed by atoms with Crippen LogP contribution in [0.4, 0.5) is 0 Å². The molecule has 1 amide bonds. The lowest BCUT2D eigenvalue weighted by Gasteiger charge is -2.06. The summed E-state index contributed by atoms with van der Waals surface area (Å²) in [7, 11) is 0. The van der Waals surface area contributed by atoms with Gasteiger partial charge in [0.25, 0.3) is 5.91 Å². The molecule has 5 nitrogen and oxygen atoms in total. The molecular formula is C24H20N4OS. The minimum atomic E-state index is -0.0635. The Morgan fingerprint density at radius 2 is 1.83 bits per heavy atom. The van der Waals surface area contributed by atoms with Crippen molar-refractivity contribution < 1.29 is 4.79 Å². The SMILES string of the molecule is Cc1ccccc1-c1nc2scc(CCNC(=O)c3ccc4ccccc4c3)n2n1. The maximum atomic E-state index is 12.6. The highest BCUT2D eigenvalue weighted by Crippen LogP contribution is 2.23. The first kappa shape index (κ1) is 18.5. The average Bonchev–Trinajstić information content (AvgIpc) is 3.35. The monoisotopic (exact) mass is 412 g/mol. The number of fused-ring (bicyclic) bond motifs is 2. The van der Waals surface area contributed by atoms with Crippen molar-refractivity contribution >= 4 is 33.0 Å². The molecule has 0 unspecified atom stereocenters. The zero-order chi connectivity index (χ0) is 20.5. The van der Waals surface area contributed by atoms with Crippen LogP contribution in [0.2, 0.25) is 0 Å². The molecule has 0 atom stereocenters. The van der Waals surface area contributed by atoms with E-state index < -0.39 is 0 Å². The van der Waals surface area contributed by atoms with Crippen molar-refractivity contribution in [2.45, 2.75) is 13.3 Å². The van der Waals surface area contributed by atoms with Gasteiger partial charge in [-0.1, -0.05) is 54.6 Å². The Bertz CT molecular complexity index is 1370. The summed E-state index contributed by atoms with van der Waals surface area (Å²) in [4.78, 5) is 18.1. The fraction of sp³-hybridized carbons (Fsp3) is 0.125. The maximum absolute atomic E-state index is 12.6. The molecule has 0 saturated heterocycles. The van der Waals surface area contributed by atoms with Crippen LogP contribution in [0.5, 0.6) is 0 Å². The van der Waals surface area contributed by atoms with E-state index in [0.29, 0.717) is 18.5 Å². The van der Waals surface area contributed by atoms with E-state index in [4.69, 9.17) is 5.10 Å². The Labute approximate surface area is 178 Å². The second-order valence-corrected chi connectivity index (χ2v) is 8.08. The predicted molar refractivity (Wildman–Crippen MR) is 121 cm³/mol. The highest BCUT2D eigenvalue weighted by Gasteiger charge is 2.13. The van der Waals surface area contributed by atoms with Crippen molar-refractivity contribution in [1.82, 2.24) is 19.9 Å². The van der Waals surface area contributed by atoms with Crippen LogP contribution in [0.15, 0.2) is 72.1 Å². The van der Waals surface area contributed by atoms with Crippen molar-refractivity contribution in [3.8, 4) is 11.4 Å². The number of amides is 1. The molecule has 5 aromatic rings. The number of hydrogen-bond donors (Lipinski definition) is 1. The van der Waals surface area contributed by atoms with Gasteiger partial charge in [-0.3, -0.25) is 4.79 Å². The summed E-state index contributed by atoms with van der Waals surface area (Å²) in [5.41, 5.74) is 3.91. The van der Waals surface area contributed by atoms with Crippen molar-refractivity contribution in [2.24, 2.45) is 0 Å². The molecule has 0 radical (unpaired) electrons. The van der Waals surface area contributed by atoms with Crippen LogP contribution in [0.1, 0.15) is 21.6 Å². The standard InChI is InChI=1S/C24H20N4OS/c1-16-6-2-5-9-21(16)22-26-24-28(27-22)20(15-30-24)12-13-25-23(29)19-11-10-17-7-3-4-8-18(17)14-19/h2-11,14-15H,12-13H2,1H3,(H,25,29). The summed E-state index contributed by atoms with van der Waals surface area (Å²) < 4.78 is 1.88. The van der Waals surface area contributed by atoms with Gasteiger partial charge >= 0.3 is 0 Å². The number of carbonyl (C=O) groups excluding carboxylic acids is 1. The zero-order valence-electron chi connectivity index (χ0n) is 16.5. The van der Waals surface area contributed by atoms with Gasteiger partial charge in [-0.05, 0) is 35.4 Å². The number of carbonyl (C=O) groups is 1. The van der Waals surface area contributed by atoms with Crippen LogP contribution in [-0.4, -0.2) is 27.0 Å². The van der Waals surface area contributed by atoms with Gasteiger partial charge in [0, 0.05) is 29.5 Å². The number of rotatable bonds is 5. The van der Waals surface area contributed by atoms with Crippen LogP contribution >= 0.6 is 11.3 Å². The van der Waals surface area contributed by atoms with E-state index >= 15 is 0 Å². The summed E-state index contributed by atoms with van der Waals surface area (Å²) in [6.45, 7) is 2.60.